The molecule has 1 heterocycles. The standard InChI is InChI=1S/C9H18N2O2/c1-7-4-11(5-8(7)6-12)9(13)2-3-10/h7-8,12H,2-6,10H2,1H3/t7-,8-/m0/s1. The van der Waals surface area contributed by atoms with Crippen molar-refractivity contribution in [3.63, 3.8) is 0 Å². The van der Waals surface area contributed by atoms with E-state index < -0.39 is 0 Å². The molecule has 0 bridgehead atoms. The van der Waals surface area contributed by atoms with E-state index in [9.17, 15) is 4.79 Å². The van der Waals surface area contributed by atoms with Crippen molar-refractivity contribution >= 4 is 5.91 Å². The van der Waals surface area contributed by atoms with Gasteiger partial charge in [0.2, 0.25) is 5.91 Å². The van der Waals surface area contributed by atoms with Gasteiger partial charge in [-0.2, -0.15) is 0 Å². The summed E-state index contributed by atoms with van der Waals surface area (Å²) in [5, 5.41) is 9.00. The molecule has 0 spiro atoms. The van der Waals surface area contributed by atoms with Crippen molar-refractivity contribution in [1.29, 1.82) is 0 Å². The fourth-order valence-electron chi connectivity index (χ4n) is 1.76. The van der Waals surface area contributed by atoms with Crippen LogP contribution in [0.3, 0.4) is 0 Å². The number of nitrogens with zero attached hydrogens (tertiary/aromatic N) is 1. The van der Waals surface area contributed by atoms with Gasteiger partial charge >= 0.3 is 0 Å². The molecule has 4 heteroatoms. The molecule has 1 aliphatic rings. The summed E-state index contributed by atoms with van der Waals surface area (Å²) >= 11 is 0. The Morgan fingerprint density at radius 3 is 2.77 bits per heavy atom. The predicted molar refractivity (Wildman–Crippen MR) is 50.0 cm³/mol. The molecule has 1 saturated heterocycles. The average molecular weight is 186 g/mol. The molecule has 1 amide bonds. The summed E-state index contributed by atoms with van der Waals surface area (Å²) in [6, 6.07) is 0. The molecular weight excluding hydrogens is 168 g/mol. The van der Waals surface area contributed by atoms with E-state index in [2.05, 4.69) is 6.92 Å². The first-order chi connectivity index (χ1) is 6.19. The van der Waals surface area contributed by atoms with E-state index >= 15 is 0 Å². The highest BCUT2D eigenvalue weighted by Gasteiger charge is 2.31. The molecular formula is C9H18N2O2. The Hall–Kier alpha value is -0.610. The Bertz CT molecular complexity index is 184. The van der Waals surface area contributed by atoms with Crippen molar-refractivity contribution in [2.75, 3.05) is 26.2 Å². The zero-order valence-corrected chi connectivity index (χ0v) is 8.07. The number of aliphatic hydroxyl groups is 1. The van der Waals surface area contributed by atoms with E-state index in [1.807, 2.05) is 0 Å². The largest absolute Gasteiger partial charge is 0.396 e. The van der Waals surface area contributed by atoms with Gasteiger partial charge in [-0.1, -0.05) is 6.92 Å². The Morgan fingerprint density at radius 2 is 2.31 bits per heavy atom. The maximum Gasteiger partial charge on any atom is 0.223 e. The Kier molecular flexibility index (Phi) is 3.69. The van der Waals surface area contributed by atoms with Crippen LogP contribution in [-0.4, -0.2) is 42.2 Å². The average Bonchev–Trinajstić information content (AvgIpc) is 2.47. The first-order valence-corrected chi connectivity index (χ1v) is 4.77. The van der Waals surface area contributed by atoms with Crippen LogP contribution in [0.5, 0.6) is 0 Å². The SMILES string of the molecule is C[C@H]1CN(C(=O)CCN)C[C@H]1CO. The molecule has 4 nitrogen and oxygen atoms in total. The van der Waals surface area contributed by atoms with E-state index in [4.69, 9.17) is 10.8 Å². The third-order valence-corrected chi connectivity index (χ3v) is 2.71. The van der Waals surface area contributed by atoms with Gasteiger partial charge in [0.1, 0.15) is 0 Å². The summed E-state index contributed by atoms with van der Waals surface area (Å²) in [6.07, 6.45) is 0.421. The topological polar surface area (TPSA) is 66.6 Å². The maximum atomic E-state index is 11.4. The Labute approximate surface area is 78.7 Å². The molecule has 76 valence electrons. The third kappa shape index (κ3) is 2.42. The molecule has 1 aliphatic heterocycles. The Morgan fingerprint density at radius 1 is 1.62 bits per heavy atom. The lowest BCUT2D eigenvalue weighted by molar-refractivity contribution is -0.130. The van der Waals surface area contributed by atoms with Crippen molar-refractivity contribution < 1.29 is 9.90 Å². The van der Waals surface area contributed by atoms with Gasteiger partial charge in [0.15, 0.2) is 0 Å². The number of carbonyl (C=O) groups is 1. The van der Waals surface area contributed by atoms with Crippen LogP contribution in [0.2, 0.25) is 0 Å². The lowest BCUT2D eigenvalue weighted by Gasteiger charge is -2.15. The second-order valence-corrected chi connectivity index (χ2v) is 3.76. The van der Waals surface area contributed by atoms with E-state index in [0.29, 0.717) is 25.4 Å². The smallest absolute Gasteiger partial charge is 0.223 e. The Balaban J connectivity index is 2.43. The number of hydrogen-bond acceptors (Lipinski definition) is 3. The van der Waals surface area contributed by atoms with E-state index in [0.717, 1.165) is 6.54 Å². The highest BCUT2D eigenvalue weighted by molar-refractivity contribution is 5.76. The van der Waals surface area contributed by atoms with Crippen LogP contribution in [0.25, 0.3) is 0 Å². The van der Waals surface area contributed by atoms with Crippen LogP contribution < -0.4 is 5.73 Å². The van der Waals surface area contributed by atoms with Gasteiger partial charge in [-0.3, -0.25) is 4.79 Å². The van der Waals surface area contributed by atoms with Crippen molar-refractivity contribution in [2.45, 2.75) is 13.3 Å². The van der Waals surface area contributed by atoms with Gasteiger partial charge in [0, 0.05) is 38.6 Å². The summed E-state index contributed by atoms with van der Waals surface area (Å²) in [7, 11) is 0. The molecule has 1 fully saturated rings. The van der Waals surface area contributed by atoms with Crippen molar-refractivity contribution in [2.24, 2.45) is 17.6 Å². The van der Waals surface area contributed by atoms with Gasteiger partial charge in [-0.25, -0.2) is 0 Å². The maximum absolute atomic E-state index is 11.4. The second kappa shape index (κ2) is 4.58. The minimum atomic E-state index is 0.116. The summed E-state index contributed by atoms with van der Waals surface area (Å²) < 4.78 is 0. The van der Waals surface area contributed by atoms with E-state index in [1.54, 1.807) is 4.90 Å². The molecule has 0 unspecified atom stereocenters. The van der Waals surface area contributed by atoms with E-state index in [-0.39, 0.29) is 18.4 Å². The molecule has 0 aliphatic carbocycles. The highest BCUT2D eigenvalue weighted by atomic mass is 16.3. The quantitative estimate of drug-likeness (QED) is 0.620. The van der Waals surface area contributed by atoms with Gasteiger partial charge in [0.05, 0.1) is 0 Å². The van der Waals surface area contributed by atoms with Crippen LogP contribution in [0.4, 0.5) is 0 Å². The normalized spacial score (nSPS) is 28.1. The highest BCUT2D eigenvalue weighted by Crippen LogP contribution is 2.22. The van der Waals surface area contributed by atoms with Gasteiger partial charge in [-0.05, 0) is 5.92 Å². The van der Waals surface area contributed by atoms with Crippen LogP contribution in [0, 0.1) is 11.8 Å². The molecule has 0 aromatic rings. The molecule has 0 radical (unpaired) electrons. The van der Waals surface area contributed by atoms with Crippen LogP contribution in [-0.2, 0) is 4.79 Å². The molecule has 3 N–H and O–H groups in total. The number of nitrogens with two attached hydrogens (primary N) is 1. The van der Waals surface area contributed by atoms with Crippen molar-refractivity contribution in [3.05, 3.63) is 0 Å². The van der Waals surface area contributed by atoms with Crippen molar-refractivity contribution in [1.82, 2.24) is 4.90 Å². The van der Waals surface area contributed by atoms with Gasteiger partial charge in [0.25, 0.3) is 0 Å². The lowest BCUT2D eigenvalue weighted by Crippen LogP contribution is -2.30. The first kappa shape index (κ1) is 10.5. The number of carbonyl (C=O) groups excluding carboxylic acids is 1. The number of amides is 1. The minimum Gasteiger partial charge on any atom is -0.396 e. The molecule has 1 rings (SSSR count). The molecule has 0 saturated carbocycles. The monoisotopic (exact) mass is 186 g/mol. The molecule has 13 heavy (non-hydrogen) atoms. The fraction of sp³-hybridized carbons (Fsp3) is 0.889. The van der Waals surface area contributed by atoms with Crippen LogP contribution in [0.15, 0.2) is 0 Å². The number of likely N-dealkylation sites (tertiary alicyclic amines) is 1. The van der Waals surface area contributed by atoms with E-state index in [1.165, 1.54) is 0 Å². The third-order valence-electron chi connectivity index (χ3n) is 2.71. The molecule has 0 aromatic carbocycles. The number of rotatable bonds is 3. The summed E-state index contributed by atoms with van der Waals surface area (Å²) in [5.74, 6) is 0.777. The lowest BCUT2D eigenvalue weighted by atomic mass is 10.00. The number of hydrogen-bond donors (Lipinski definition) is 2. The van der Waals surface area contributed by atoms with Gasteiger partial charge < -0.3 is 15.7 Å². The predicted octanol–water partition coefficient (Wildman–Crippen LogP) is -0.578. The zero-order valence-electron chi connectivity index (χ0n) is 8.07. The minimum absolute atomic E-state index is 0.116. The molecule has 0 aromatic heterocycles. The van der Waals surface area contributed by atoms with Crippen molar-refractivity contribution in [3.8, 4) is 0 Å². The van der Waals surface area contributed by atoms with Crippen LogP contribution >= 0.6 is 0 Å². The number of aliphatic hydroxyl groups excluding tert-OH is 1. The van der Waals surface area contributed by atoms with Gasteiger partial charge in [-0.15, -0.1) is 0 Å². The van der Waals surface area contributed by atoms with Crippen LogP contribution in [0.1, 0.15) is 13.3 Å². The molecule has 2 atom stereocenters. The first-order valence-electron chi connectivity index (χ1n) is 4.77. The second-order valence-electron chi connectivity index (χ2n) is 3.76. The zero-order chi connectivity index (χ0) is 9.84. The summed E-state index contributed by atoms with van der Waals surface area (Å²) in [5.41, 5.74) is 5.30. The summed E-state index contributed by atoms with van der Waals surface area (Å²) in [6.45, 7) is 4.11. The summed E-state index contributed by atoms with van der Waals surface area (Å²) in [4.78, 5) is 13.2. The fourth-order valence-corrected chi connectivity index (χ4v) is 1.76.